The predicted molar refractivity (Wildman–Crippen MR) is 67.5 cm³/mol. The van der Waals surface area contributed by atoms with Gasteiger partial charge >= 0.3 is 0 Å². The van der Waals surface area contributed by atoms with Gasteiger partial charge in [-0.25, -0.2) is 0 Å². The van der Waals surface area contributed by atoms with Crippen molar-refractivity contribution in [3.63, 3.8) is 0 Å². The fraction of sp³-hybridized carbons (Fsp3) is 0.385. The Morgan fingerprint density at radius 2 is 2.24 bits per heavy atom. The van der Waals surface area contributed by atoms with Gasteiger partial charge in [0.1, 0.15) is 0 Å². The Bertz CT molecular complexity index is 450. The van der Waals surface area contributed by atoms with Crippen LogP contribution in [0.3, 0.4) is 0 Å². The van der Waals surface area contributed by atoms with E-state index in [1.807, 2.05) is 29.2 Å². The number of nitrogens with zero attached hydrogens (tertiary/aromatic N) is 3. The van der Waals surface area contributed by atoms with Gasteiger partial charge in [0.25, 0.3) is 0 Å². The fourth-order valence-corrected chi connectivity index (χ4v) is 1.73. The summed E-state index contributed by atoms with van der Waals surface area (Å²) in [5.74, 6) is 0. The highest BCUT2D eigenvalue weighted by Gasteiger charge is 2.04. The Balaban J connectivity index is 1.84. The van der Waals surface area contributed by atoms with Crippen molar-refractivity contribution in [1.82, 2.24) is 20.1 Å². The van der Waals surface area contributed by atoms with Crippen LogP contribution in [0.2, 0.25) is 0 Å². The first-order chi connectivity index (χ1) is 8.25. The Hall–Kier alpha value is -1.68. The van der Waals surface area contributed by atoms with Crippen LogP contribution in [0.4, 0.5) is 0 Å². The molecular formula is C13H18N4. The average molecular weight is 230 g/mol. The molecule has 0 bridgehead atoms. The molecule has 1 unspecified atom stereocenters. The van der Waals surface area contributed by atoms with Crippen LogP contribution in [0, 0.1) is 6.92 Å². The van der Waals surface area contributed by atoms with Crippen molar-refractivity contribution in [2.75, 3.05) is 0 Å². The van der Waals surface area contributed by atoms with Crippen LogP contribution in [-0.2, 0) is 13.1 Å². The van der Waals surface area contributed by atoms with Crippen molar-refractivity contribution in [3.05, 3.63) is 48.0 Å². The van der Waals surface area contributed by atoms with Crippen molar-refractivity contribution >= 4 is 0 Å². The second kappa shape index (κ2) is 5.59. The van der Waals surface area contributed by atoms with Crippen molar-refractivity contribution in [2.45, 2.75) is 33.0 Å². The molecule has 2 heterocycles. The molecule has 0 spiro atoms. The van der Waals surface area contributed by atoms with E-state index in [0.29, 0.717) is 6.04 Å². The largest absolute Gasteiger partial charge is 0.307 e. The lowest BCUT2D eigenvalue weighted by Crippen LogP contribution is -2.30. The maximum absolute atomic E-state index is 4.36. The average Bonchev–Trinajstić information content (AvgIpc) is 2.81. The van der Waals surface area contributed by atoms with Gasteiger partial charge in [0.05, 0.1) is 12.2 Å². The molecule has 1 atom stereocenters. The van der Waals surface area contributed by atoms with E-state index in [2.05, 4.69) is 35.3 Å². The minimum absolute atomic E-state index is 0.372. The summed E-state index contributed by atoms with van der Waals surface area (Å²) < 4.78 is 1.93. The standard InChI is InChI=1S/C13H18N4/c1-11-5-3-6-14-13(11)9-15-12(2)10-17-8-4-7-16-17/h3-8,12,15H,9-10H2,1-2H3. The molecule has 0 aliphatic heterocycles. The molecule has 0 aliphatic rings. The van der Waals surface area contributed by atoms with E-state index in [1.165, 1.54) is 5.56 Å². The highest BCUT2D eigenvalue weighted by atomic mass is 15.3. The molecule has 0 radical (unpaired) electrons. The maximum Gasteiger partial charge on any atom is 0.0570 e. The molecule has 0 aromatic carbocycles. The number of hydrogen-bond donors (Lipinski definition) is 1. The van der Waals surface area contributed by atoms with Gasteiger partial charge in [0.15, 0.2) is 0 Å². The predicted octanol–water partition coefficient (Wildman–Crippen LogP) is 1.76. The minimum atomic E-state index is 0.372. The molecule has 1 N–H and O–H groups in total. The van der Waals surface area contributed by atoms with Crippen LogP contribution < -0.4 is 5.32 Å². The molecule has 0 aliphatic carbocycles. The van der Waals surface area contributed by atoms with Crippen molar-refractivity contribution in [2.24, 2.45) is 0 Å². The number of aromatic nitrogens is 3. The Morgan fingerprint density at radius 1 is 1.35 bits per heavy atom. The number of nitrogens with one attached hydrogen (secondary N) is 1. The van der Waals surface area contributed by atoms with E-state index in [1.54, 1.807) is 6.20 Å². The first-order valence-corrected chi connectivity index (χ1v) is 5.87. The second-order valence-electron chi connectivity index (χ2n) is 4.28. The van der Waals surface area contributed by atoms with E-state index in [0.717, 1.165) is 18.8 Å². The quantitative estimate of drug-likeness (QED) is 0.851. The van der Waals surface area contributed by atoms with Gasteiger partial charge in [-0.15, -0.1) is 0 Å². The molecule has 4 heteroatoms. The zero-order valence-corrected chi connectivity index (χ0v) is 10.3. The topological polar surface area (TPSA) is 42.7 Å². The number of aryl methyl sites for hydroxylation is 1. The lowest BCUT2D eigenvalue weighted by atomic mass is 10.2. The van der Waals surface area contributed by atoms with E-state index in [9.17, 15) is 0 Å². The van der Waals surface area contributed by atoms with Gasteiger partial charge in [-0.1, -0.05) is 6.07 Å². The minimum Gasteiger partial charge on any atom is -0.307 e. The van der Waals surface area contributed by atoms with Gasteiger partial charge in [0.2, 0.25) is 0 Å². The Morgan fingerprint density at radius 3 is 2.94 bits per heavy atom. The lowest BCUT2D eigenvalue weighted by molar-refractivity contribution is 0.448. The van der Waals surface area contributed by atoms with Crippen molar-refractivity contribution in [1.29, 1.82) is 0 Å². The zero-order valence-electron chi connectivity index (χ0n) is 10.3. The number of rotatable bonds is 5. The third kappa shape index (κ3) is 3.39. The zero-order chi connectivity index (χ0) is 12.1. The summed E-state index contributed by atoms with van der Waals surface area (Å²) in [6.07, 6.45) is 5.61. The molecule has 2 aromatic heterocycles. The van der Waals surface area contributed by atoms with Gasteiger partial charge < -0.3 is 5.32 Å². The summed E-state index contributed by atoms with van der Waals surface area (Å²) >= 11 is 0. The molecule has 0 saturated carbocycles. The van der Waals surface area contributed by atoms with Gasteiger partial charge in [-0.05, 0) is 31.5 Å². The molecule has 4 nitrogen and oxygen atoms in total. The normalized spacial score (nSPS) is 12.6. The van der Waals surface area contributed by atoms with Gasteiger partial charge in [-0.2, -0.15) is 5.10 Å². The third-order valence-corrected chi connectivity index (χ3v) is 2.76. The second-order valence-corrected chi connectivity index (χ2v) is 4.28. The van der Waals surface area contributed by atoms with Crippen LogP contribution >= 0.6 is 0 Å². The summed E-state index contributed by atoms with van der Waals surface area (Å²) in [4.78, 5) is 4.36. The molecule has 2 rings (SSSR count). The van der Waals surface area contributed by atoms with Crippen LogP contribution in [0.25, 0.3) is 0 Å². The molecule has 0 saturated heterocycles. The van der Waals surface area contributed by atoms with Crippen LogP contribution in [0.15, 0.2) is 36.8 Å². The Labute approximate surface area is 102 Å². The van der Waals surface area contributed by atoms with E-state index >= 15 is 0 Å². The van der Waals surface area contributed by atoms with Gasteiger partial charge in [0, 0.05) is 31.2 Å². The van der Waals surface area contributed by atoms with Crippen LogP contribution in [0.1, 0.15) is 18.2 Å². The highest BCUT2D eigenvalue weighted by Crippen LogP contribution is 2.03. The summed E-state index contributed by atoms with van der Waals surface area (Å²) in [7, 11) is 0. The summed E-state index contributed by atoms with van der Waals surface area (Å²) in [5.41, 5.74) is 2.34. The molecule has 0 amide bonds. The van der Waals surface area contributed by atoms with E-state index in [-0.39, 0.29) is 0 Å². The molecule has 17 heavy (non-hydrogen) atoms. The Kier molecular flexibility index (Phi) is 3.88. The molecular weight excluding hydrogens is 212 g/mol. The van der Waals surface area contributed by atoms with E-state index < -0.39 is 0 Å². The highest BCUT2D eigenvalue weighted by molar-refractivity contribution is 5.17. The number of pyridine rings is 1. The molecule has 90 valence electrons. The summed E-state index contributed by atoms with van der Waals surface area (Å²) in [5, 5.41) is 7.64. The lowest BCUT2D eigenvalue weighted by Gasteiger charge is -2.14. The number of hydrogen-bond acceptors (Lipinski definition) is 3. The van der Waals surface area contributed by atoms with Gasteiger partial charge in [-0.3, -0.25) is 9.67 Å². The van der Waals surface area contributed by atoms with Crippen LogP contribution in [0.5, 0.6) is 0 Å². The van der Waals surface area contributed by atoms with Crippen molar-refractivity contribution in [3.8, 4) is 0 Å². The monoisotopic (exact) mass is 230 g/mol. The van der Waals surface area contributed by atoms with Crippen molar-refractivity contribution < 1.29 is 0 Å². The molecule has 0 fully saturated rings. The fourth-order valence-electron chi connectivity index (χ4n) is 1.73. The summed E-state index contributed by atoms with van der Waals surface area (Å²) in [6, 6.07) is 6.36. The SMILES string of the molecule is Cc1cccnc1CNC(C)Cn1cccn1. The first kappa shape index (κ1) is 11.8. The van der Waals surface area contributed by atoms with Crippen LogP contribution in [-0.4, -0.2) is 20.8 Å². The molecule has 2 aromatic rings. The summed E-state index contributed by atoms with van der Waals surface area (Å²) in [6.45, 7) is 5.91. The van der Waals surface area contributed by atoms with E-state index in [4.69, 9.17) is 0 Å². The maximum atomic E-state index is 4.36. The third-order valence-electron chi connectivity index (χ3n) is 2.76. The smallest absolute Gasteiger partial charge is 0.0570 e. The first-order valence-electron chi connectivity index (χ1n) is 5.87.